The lowest BCUT2D eigenvalue weighted by molar-refractivity contribution is 0.0999. The van der Waals surface area contributed by atoms with Crippen molar-refractivity contribution in [3.8, 4) is 0 Å². The molecule has 1 unspecified atom stereocenters. The quantitative estimate of drug-likeness (QED) is 0.730. The fraction of sp³-hybridized carbons (Fsp3) is 0.300. The van der Waals surface area contributed by atoms with Crippen LogP contribution < -0.4 is 11.5 Å². The first kappa shape index (κ1) is 9.74. The zero-order valence-electron chi connectivity index (χ0n) is 7.66. The third-order valence-corrected chi connectivity index (χ3v) is 2.07. The van der Waals surface area contributed by atoms with Crippen molar-refractivity contribution in [3.63, 3.8) is 0 Å². The maximum Gasteiger partial charge on any atom is 0.249 e. The van der Waals surface area contributed by atoms with Gasteiger partial charge in [-0.3, -0.25) is 4.79 Å². The van der Waals surface area contributed by atoms with Crippen LogP contribution in [0.15, 0.2) is 24.3 Å². The Morgan fingerprint density at radius 3 is 2.62 bits per heavy atom. The van der Waals surface area contributed by atoms with Crippen molar-refractivity contribution in [1.29, 1.82) is 0 Å². The third-order valence-electron chi connectivity index (χ3n) is 2.07. The molecule has 1 atom stereocenters. The highest BCUT2D eigenvalue weighted by atomic mass is 16.1. The number of primary amides is 1. The Labute approximate surface area is 77.7 Å². The molecule has 0 fully saturated rings. The number of hydrogen-bond acceptors (Lipinski definition) is 2. The summed E-state index contributed by atoms with van der Waals surface area (Å²) in [5.74, 6) is -0.417. The topological polar surface area (TPSA) is 69.1 Å². The molecule has 0 saturated heterocycles. The molecule has 0 saturated carbocycles. The lowest BCUT2D eigenvalue weighted by Crippen LogP contribution is -2.18. The van der Waals surface area contributed by atoms with Gasteiger partial charge in [-0.25, -0.2) is 0 Å². The number of carbonyl (C=O) groups is 1. The predicted octanol–water partition coefficient (Wildman–Crippen LogP) is 1.20. The van der Waals surface area contributed by atoms with Crippen molar-refractivity contribution in [1.82, 2.24) is 0 Å². The van der Waals surface area contributed by atoms with Gasteiger partial charge in [-0.2, -0.15) is 0 Å². The average Bonchev–Trinajstić information content (AvgIpc) is 2.16. The SMILES string of the molecule is CCC(N)c1ccccc1C(N)=O. The minimum Gasteiger partial charge on any atom is -0.366 e. The molecule has 1 aromatic rings. The van der Waals surface area contributed by atoms with Gasteiger partial charge >= 0.3 is 0 Å². The lowest BCUT2D eigenvalue weighted by atomic mass is 9.99. The van der Waals surface area contributed by atoms with Crippen molar-refractivity contribution in [2.45, 2.75) is 19.4 Å². The Bertz CT molecular complexity index is 310. The number of benzene rings is 1. The van der Waals surface area contributed by atoms with Crippen LogP contribution in [0.4, 0.5) is 0 Å². The molecular weight excluding hydrogens is 164 g/mol. The molecule has 0 heterocycles. The lowest BCUT2D eigenvalue weighted by Gasteiger charge is -2.12. The van der Waals surface area contributed by atoms with Crippen LogP contribution in [-0.4, -0.2) is 5.91 Å². The van der Waals surface area contributed by atoms with E-state index in [1.165, 1.54) is 0 Å². The fourth-order valence-corrected chi connectivity index (χ4v) is 1.26. The van der Waals surface area contributed by atoms with Crippen molar-refractivity contribution in [2.75, 3.05) is 0 Å². The van der Waals surface area contributed by atoms with Gasteiger partial charge in [0.1, 0.15) is 0 Å². The summed E-state index contributed by atoms with van der Waals surface area (Å²) in [5, 5.41) is 0. The summed E-state index contributed by atoms with van der Waals surface area (Å²) in [5.41, 5.74) is 12.4. The molecule has 0 aromatic heterocycles. The van der Waals surface area contributed by atoms with E-state index in [1.807, 2.05) is 19.1 Å². The summed E-state index contributed by atoms with van der Waals surface area (Å²) >= 11 is 0. The predicted molar refractivity (Wildman–Crippen MR) is 52.2 cm³/mol. The Morgan fingerprint density at radius 1 is 1.46 bits per heavy atom. The van der Waals surface area contributed by atoms with Crippen LogP contribution in [0, 0.1) is 0 Å². The molecule has 13 heavy (non-hydrogen) atoms. The van der Waals surface area contributed by atoms with Gasteiger partial charge in [-0.1, -0.05) is 25.1 Å². The van der Waals surface area contributed by atoms with E-state index < -0.39 is 5.91 Å². The molecule has 1 rings (SSSR count). The van der Waals surface area contributed by atoms with Gasteiger partial charge in [0.25, 0.3) is 0 Å². The standard InChI is InChI=1S/C10H14N2O/c1-2-9(11)7-5-3-4-6-8(7)10(12)13/h3-6,9H,2,11H2,1H3,(H2,12,13). The van der Waals surface area contributed by atoms with Crippen molar-refractivity contribution < 1.29 is 4.79 Å². The molecule has 0 aliphatic rings. The molecule has 4 N–H and O–H groups in total. The van der Waals surface area contributed by atoms with E-state index in [9.17, 15) is 4.79 Å². The highest BCUT2D eigenvalue weighted by Gasteiger charge is 2.11. The second-order valence-corrected chi connectivity index (χ2v) is 2.97. The summed E-state index contributed by atoms with van der Waals surface area (Å²) in [7, 11) is 0. The minimum atomic E-state index is -0.417. The maximum absolute atomic E-state index is 11.0. The Morgan fingerprint density at radius 2 is 2.08 bits per heavy atom. The van der Waals surface area contributed by atoms with Crippen molar-refractivity contribution in [2.24, 2.45) is 11.5 Å². The summed E-state index contributed by atoms with van der Waals surface area (Å²) in [4.78, 5) is 11.0. The molecule has 1 aromatic carbocycles. The number of hydrogen-bond donors (Lipinski definition) is 2. The van der Waals surface area contributed by atoms with Crippen LogP contribution >= 0.6 is 0 Å². The molecular formula is C10H14N2O. The first-order chi connectivity index (χ1) is 6.16. The fourth-order valence-electron chi connectivity index (χ4n) is 1.26. The molecule has 3 nitrogen and oxygen atoms in total. The Balaban J connectivity index is 3.11. The van der Waals surface area contributed by atoms with Crippen molar-refractivity contribution >= 4 is 5.91 Å². The van der Waals surface area contributed by atoms with E-state index >= 15 is 0 Å². The van der Waals surface area contributed by atoms with Gasteiger partial charge in [-0.15, -0.1) is 0 Å². The smallest absolute Gasteiger partial charge is 0.249 e. The van der Waals surface area contributed by atoms with Gasteiger partial charge in [0.2, 0.25) is 5.91 Å². The van der Waals surface area contributed by atoms with Gasteiger partial charge in [0.15, 0.2) is 0 Å². The zero-order valence-corrected chi connectivity index (χ0v) is 7.66. The number of amides is 1. The summed E-state index contributed by atoms with van der Waals surface area (Å²) in [6.07, 6.45) is 0.796. The monoisotopic (exact) mass is 178 g/mol. The summed E-state index contributed by atoms with van der Waals surface area (Å²) in [6.45, 7) is 1.97. The van der Waals surface area contributed by atoms with Gasteiger partial charge in [0, 0.05) is 11.6 Å². The van der Waals surface area contributed by atoms with Crippen LogP contribution in [0.25, 0.3) is 0 Å². The Kier molecular flexibility index (Phi) is 3.03. The second kappa shape index (κ2) is 4.05. The Hall–Kier alpha value is -1.35. The number of rotatable bonds is 3. The molecule has 0 radical (unpaired) electrons. The summed E-state index contributed by atoms with van der Waals surface area (Å²) in [6, 6.07) is 7.08. The largest absolute Gasteiger partial charge is 0.366 e. The van der Waals surface area contributed by atoms with Gasteiger partial charge < -0.3 is 11.5 Å². The average molecular weight is 178 g/mol. The van der Waals surface area contributed by atoms with E-state index in [-0.39, 0.29) is 6.04 Å². The molecule has 0 spiro atoms. The minimum absolute atomic E-state index is 0.108. The number of carbonyl (C=O) groups excluding carboxylic acids is 1. The van der Waals surface area contributed by atoms with E-state index in [4.69, 9.17) is 11.5 Å². The maximum atomic E-state index is 11.0. The van der Waals surface area contributed by atoms with Crippen LogP contribution in [0.1, 0.15) is 35.3 Å². The van der Waals surface area contributed by atoms with E-state index in [2.05, 4.69) is 0 Å². The van der Waals surface area contributed by atoms with Gasteiger partial charge in [0.05, 0.1) is 0 Å². The molecule has 3 heteroatoms. The first-order valence-electron chi connectivity index (χ1n) is 4.31. The molecule has 1 amide bonds. The van der Waals surface area contributed by atoms with Crippen LogP contribution in [0.2, 0.25) is 0 Å². The highest BCUT2D eigenvalue weighted by molar-refractivity contribution is 5.94. The second-order valence-electron chi connectivity index (χ2n) is 2.97. The first-order valence-corrected chi connectivity index (χ1v) is 4.31. The molecule has 0 aliphatic carbocycles. The van der Waals surface area contributed by atoms with Crippen LogP contribution in [0.5, 0.6) is 0 Å². The van der Waals surface area contributed by atoms with E-state index in [0.717, 1.165) is 12.0 Å². The van der Waals surface area contributed by atoms with E-state index in [0.29, 0.717) is 5.56 Å². The van der Waals surface area contributed by atoms with E-state index in [1.54, 1.807) is 12.1 Å². The third kappa shape index (κ3) is 2.06. The van der Waals surface area contributed by atoms with Crippen LogP contribution in [-0.2, 0) is 0 Å². The zero-order chi connectivity index (χ0) is 9.84. The van der Waals surface area contributed by atoms with Crippen LogP contribution in [0.3, 0.4) is 0 Å². The number of nitrogens with two attached hydrogens (primary N) is 2. The normalized spacial score (nSPS) is 12.5. The molecule has 70 valence electrons. The van der Waals surface area contributed by atoms with Gasteiger partial charge in [-0.05, 0) is 18.1 Å². The molecule has 0 bridgehead atoms. The molecule has 0 aliphatic heterocycles. The summed E-state index contributed by atoms with van der Waals surface area (Å²) < 4.78 is 0. The van der Waals surface area contributed by atoms with Crippen molar-refractivity contribution in [3.05, 3.63) is 35.4 Å². The highest BCUT2D eigenvalue weighted by Crippen LogP contribution is 2.17.